The zero-order chi connectivity index (χ0) is 12.3. The number of nitrogens with zero attached hydrogens (tertiary/aromatic N) is 4. The fourth-order valence-corrected chi connectivity index (χ4v) is 1.73. The van der Waals surface area contributed by atoms with Crippen LogP contribution in [0.1, 0.15) is 19.7 Å². The van der Waals surface area contributed by atoms with Crippen LogP contribution in [0.2, 0.25) is 0 Å². The lowest BCUT2D eigenvalue weighted by Crippen LogP contribution is -2.44. The molecule has 96 valence electrons. The highest BCUT2D eigenvalue weighted by Gasteiger charge is 2.19. The third-order valence-corrected chi connectivity index (χ3v) is 2.89. The van der Waals surface area contributed by atoms with Crippen molar-refractivity contribution >= 4 is 6.01 Å². The average molecular weight is 239 g/mol. The van der Waals surface area contributed by atoms with E-state index in [1.165, 1.54) is 0 Å². The maximum atomic E-state index is 5.63. The van der Waals surface area contributed by atoms with Gasteiger partial charge in [-0.05, 0) is 7.05 Å². The van der Waals surface area contributed by atoms with E-state index >= 15 is 0 Å². The maximum absolute atomic E-state index is 5.63. The molecule has 0 bridgehead atoms. The molecule has 6 nitrogen and oxygen atoms in total. The molecule has 0 spiro atoms. The first kappa shape index (κ1) is 12.3. The molecule has 0 aliphatic carbocycles. The monoisotopic (exact) mass is 239 g/mol. The molecule has 0 amide bonds. The summed E-state index contributed by atoms with van der Waals surface area (Å²) in [6.45, 7) is 8.82. The van der Waals surface area contributed by atoms with Gasteiger partial charge in [-0.2, -0.15) is 0 Å². The fraction of sp³-hybridized carbons (Fsp3) is 0.818. The minimum absolute atomic E-state index is 0.425. The van der Waals surface area contributed by atoms with Crippen molar-refractivity contribution in [2.24, 2.45) is 0 Å². The summed E-state index contributed by atoms with van der Waals surface area (Å²) in [6.07, 6.45) is 0. The zero-order valence-electron chi connectivity index (χ0n) is 10.8. The summed E-state index contributed by atoms with van der Waals surface area (Å²) in [5.41, 5.74) is 0. The van der Waals surface area contributed by atoms with Crippen LogP contribution in [0.3, 0.4) is 0 Å². The van der Waals surface area contributed by atoms with Crippen LogP contribution in [0.25, 0.3) is 0 Å². The van der Waals surface area contributed by atoms with Crippen LogP contribution >= 0.6 is 0 Å². The molecule has 1 aliphatic rings. The number of hydrogen-bond acceptors (Lipinski definition) is 6. The van der Waals surface area contributed by atoms with Gasteiger partial charge in [-0.1, -0.05) is 18.9 Å². The Balaban J connectivity index is 1.89. The molecule has 0 saturated carbocycles. The van der Waals surface area contributed by atoms with Crippen LogP contribution < -0.4 is 10.2 Å². The van der Waals surface area contributed by atoms with Crippen molar-refractivity contribution in [2.75, 3.05) is 38.1 Å². The minimum Gasteiger partial charge on any atom is -0.407 e. The van der Waals surface area contributed by atoms with Crippen LogP contribution in [0.15, 0.2) is 4.42 Å². The number of piperazine rings is 1. The summed E-state index contributed by atoms with van der Waals surface area (Å²) < 4.78 is 5.63. The largest absolute Gasteiger partial charge is 0.407 e. The predicted octanol–water partition coefficient (Wildman–Crippen LogP) is 0.319. The molecular formula is C11H21N5O. The van der Waals surface area contributed by atoms with Gasteiger partial charge in [0.15, 0.2) is 0 Å². The lowest BCUT2D eigenvalue weighted by atomic mass is 10.3. The van der Waals surface area contributed by atoms with Gasteiger partial charge >= 0.3 is 6.01 Å². The highest BCUT2D eigenvalue weighted by Crippen LogP contribution is 2.14. The Kier molecular flexibility index (Phi) is 3.96. The van der Waals surface area contributed by atoms with Crippen molar-refractivity contribution in [3.63, 3.8) is 0 Å². The maximum Gasteiger partial charge on any atom is 0.318 e. The Morgan fingerprint density at radius 2 is 1.94 bits per heavy atom. The lowest BCUT2D eigenvalue weighted by molar-refractivity contribution is 0.303. The van der Waals surface area contributed by atoms with Gasteiger partial charge in [0, 0.05) is 32.2 Å². The van der Waals surface area contributed by atoms with Gasteiger partial charge in [0.25, 0.3) is 0 Å². The Morgan fingerprint density at radius 3 is 2.59 bits per heavy atom. The number of likely N-dealkylation sites (N-methyl/N-ethyl adjacent to an activating group) is 1. The predicted molar refractivity (Wildman–Crippen MR) is 66.0 cm³/mol. The van der Waals surface area contributed by atoms with Crippen molar-refractivity contribution in [3.05, 3.63) is 5.89 Å². The van der Waals surface area contributed by atoms with Gasteiger partial charge in [-0.25, -0.2) is 0 Å². The molecule has 0 atom stereocenters. The molecule has 6 heteroatoms. The molecule has 1 aromatic heterocycles. The molecule has 2 rings (SSSR count). The summed E-state index contributed by atoms with van der Waals surface area (Å²) in [4.78, 5) is 4.44. The third-order valence-electron chi connectivity index (χ3n) is 2.89. The van der Waals surface area contributed by atoms with E-state index < -0.39 is 0 Å². The standard InChI is InChI=1S/C11H21N5O/c1-9(2)12-8-10-13-14-11(17-10)16-6-4-15(3)5-7-16/h9,12H,4-8H2,1-3H3. The Labute approximate surface area is 102 Å². The SMILES string of the molecule is CC(C)NCc1nnc(N2CCN(C)CC2)o1. The summed E-state index contributed by atoms with van der Waals surface area (Å²) in [5, 5.41) is 11.4. The molecular weight excluding hydrogens is 218 g/mol. The molecule has 1 saturated heterocycles. The van der Waals surface area contributed by atoms with Crippen molar-refractivity contribution in [3.8, 4) is 0 Å². The van der Waals surface area contributed by atoms with Gasteiger partial charge < -0.3 is 19.5 Å². The van der Waals surface area contributed by atoms with E-state index in [1.54, 1.807) is 0 Å². The molecule has 2 heterocycles. The van der Waals surface area contributed by atoms with Gasteiger partial charge in [-0.3, -0.25) is 0 Å². The first-order valence-corrected chi connectivity index (χ1v) is 6.14. The van der Waals surface area contributed by atoms with E-state index in [0.29, 0.717) is 24.5 Å². The second-order valence-electron chi connectivity index (χ2n) is 4.80. The van der Waals surface area contributed by atoms with Gasteiger partial charge in [0.1, 0.15) is 0 Å². The zero-order valence-corrected chi connectivity index (χ0v) is 10.8. The molecule has 1 N–H and O–H groups in total. The van der Waals surface area contributed by atoms with E-state index in [2.05, 4.69) is 46.2 Å². The highest BCUT2D eigenvalue weighted by atomic mass is 16.4. The number of nitrogens with one attached hydrogen (secondary N) is 1. The van der Waals surface area contributed by atoms with E-state index in [9.17, 15) is 0 Å². The number of anilines is 1. The molecule has 0 aromatic carbocycles. The van der Waals surface area contributed by atoms with Crippen LogP contribution in [-0.4, -0.2) is 54.4 Å². The average Bonchev–Trinajstić information content (AvgIpc) is 2.76. The molecule has 0 unspecified atom stereocenters. The fourth-order valence-electron chi connectivity index (χ4n) is 1.73. The van der Waals surface area contributed by atoms with E-state index in [4.69, 9.17) is 4.42 Å². The minimum atomic E-state index is 0.425. The second kappa shape index (κ2) is 5.46. The van der Waals surface area contributed by atoms with E-state index in [0.717, 1.165) is 26.2 Å². The van der Waals surface area contributed by atoms with Crippen LogP contribution in [0, 0.1) is 0 Å². The van der Waals surface area contributed by atoms with Crippen LogP contribution in [0.5, 0.6) is 0 Å². The molecule has 1 fully saturated rings. The van der Waals surface area contributed by atoms with Crippen molar-refractivity contribution in [2.45, 2.75) is 26.4 Å². The van der Waals surface area contributed by atoms with Gasteiger partial charge in [0.05, 0.1) is 6.54 Å². The Bertz CT molecular complexity index is 343. The topological polar surface area (TPSA) is 57.4 Å². The van der Waals surface area contributed by atoms with Crippen molar-refractivity contribution in [1.29, 1.82) is 0 Å². The van der Waals surface area contributed by atoms with E-state index in [-0.39, 0.29) is 0 Å². The number of hydrogen-bond donors (Lipinski definition) is 1. The van der Waals surface area contributed by atoms with E-state index in [1.807, 2.05) is 0 Å². The van der Waals surface area contributed by atoms with Gasteiger partial charge in [0.2, 0.25) is 5.89 Å². The second-order valence-corrected chi connectivity index (χ2v) is 4.80. The Hall–Kier alpha value is -1.14. The normalized spacial score (nSPS) is 18.0. The van der Waals surface area contributed by atoms with Crippen molar-refractivity contribution in [1.82, 2.24) is 20.4 Å². The summed E-state index contributed by atoms with van der Waals surface area (Å²) in [5.74, 6) is 0.660. The first-order chi connectivity index (χ1) is 8.15. The summed E-state index contributed by atoms with van der Waals surface area (Å²) in [7, 11) is 2.13. The molecule has 1 aromatic rings. The lowest BCUT2D eigenvalue weighted by Gasteiger charge is -2.30. The molecule has 17 heavy (non-hydrogen) atoms. The summed E-state index contributed by atoms with van der Waals surface area (Å²) >= 11 is 0. The molecule has 1 aliphatic heterocycles. The third kappa shape index (κ3) is 3.41. The van der Waals surface area contributed by atoms with Crippen LogP contribution in [-0.2, 0) is 6.54 Å². The smallest absolute Gasteiger partial charge is 0.318 e. The number of rotatable bonds is 4. The van der Waals surface area contributed by atoms with Crippen LogP contribution in [0.4, 0.5) is 6.01 Å². The molecule has 0 radical (unpaired) electrons. The van der Waals surface area contributed by atoms with Crippen molar-refractivity contribution < 1.29 is 4.42 Å². The highest BCUT2D eigenvalue weighted by molar-refractivity contribution is 5.24. The first-order valence-electron chi connectivity index (χ1n) is 6.14. The number of aromatic nitrogens is 2. The Morgan fingerprint density at radius 1 is 1.24 bits per heavy atom. The quantitative estimate of drug-likeness (QED) is 0.816. The van der Waals surface area contributed by atoms with Gasteiger partial charge in [-0.15, -0.1) is 5.10 Å². The summed E-state index contributed by atoms with van der Waals surface area (Å²) in [6, 6.07) is 1.08.